The van der Waals surface area contributed by atoms with Crippen LogP contribution in [0.1, 0.15) is 11.3 Å². The average molecular weight is 214 g/mol. The molecule has 16 heavy (non-hydrogen) atoms. The Hall–Kier alpha value is -2.16. The molecule has 2 N–H and O–H groups in total. The number of nitrogen functional groups attached to an aromatic ring is 1. The van der Waals surface area contributed by atoms with Crippen molar-refractivity contribution in [2.75, 3.05) is 5.73 Å². The topological polar surface area (TPSA) is 38.9 Å². The third kappa shape index (κ3) is 2.67. The number of pyridine rings is 1. The minimum absolute atomic E-state index is 0.248. The Morgan fingerprint density at radius 3 is 2.62 bits per heavy atom. The molecule has 0 atom stereocenters. The Morgan fingerprint density at radius 1 is 1.06 bits per heavy atom. The molecule has 0 saturated heterocycles. The summed E-state index contributed by atoms with van der Waals surface area (Å²) in [6.07, 6.45) is 3.59. The number of benzene rings is 1. The summed E-state index contributed by atoms with van der Waals surface area (Å²) < 4.78 is 12.9. The fourth-order valence-corrected chi connectivity index (χ4v) is 1.35. The zero-order chi connectivity index (χ0) is 11.4. The summed E-state index contributed by atoms with van der Waals surface area (Å²) in [6.45, 7) is 0. The summed E-state index contributed by atoms with van der Waals surface area (Å²) in [5, 5.41) is 0. The Labute approximate surface area is 93.3 Å². The van der Waals surface area contributed by atoms with E-state index in [9.17, 15) is 4.39 Å². The van der Waals surface area contributed by atoms with Crippen LogP contribution in [0.2, 0.25) is 0 Å². The molecule has 0 unspecified atom stereocenters. The van der Waals surface area contributed by atoms with Gasteiger partial charge in [-0.25, -0.2) is 9.37 Å². The van der Waals surface area contributed by atoms with E-state index in [-0.39, 0.29) is 5.82 Å². The molecule has 0 spiro atoms. The smallest absolute Gasteiger partial charge is 0.124 e. The van der Waals surface area contributed by atoms with Gasteiger partial charge in [0.15, 0.2) is 0 Å². The first-order valence-corrected chi connectivity index (χ1v) is 4.90. The molecule has 0 radical (unpaired) electrons. The highest BCUT2D eigenvalue weighted by Gasteiger charge is 1.92. The summed E-state index contributed by atoms with van der Waals surface area (Å²) in [5.74, 6) is 0.226. The third-order valence-corrected chi connectivity index (χ3v) is 2.09. The van der Waals surface area contributed by atoms with Crippen molar-refractivity contribution in [2.45, 2.75) is 0 Å². The van der Waals surface area contributed by atoms with E-state index in [1.54, 1.807) is 24.3 Å². The second kappa shape index (κ2) is 4.57. The molecule has 80 valence electrons. The zero-order valence-corrected chi connectivity index (χ0v) is 8.60. The molecule has 0 aliphatic carbocycles. The van der Waals surface area contributed by atoms with E-state index in [0.717, 1.165) is 11.3 Å². The van der Waals surface area contributed by atoms with Crippen LogP contribution in [0, 0.1) is 5.82 Å². The maximum Gasteiger partial charge on any atom is 0.124 e. The Balaban J connectivity index is 2.21. The molecule has 2 rings (SSSR count). The molecule has 0 amide bonds. The van der Waals surface area contributed by atoms with E-state index in [1.165, 1.54) is 12.1 Å². The molecular weight excluding hydrogens is 203 g/mol. The van der Waals surface area contributed by atoms with Crippen molar-refractivity contribution in [3.63, 3.8) is 0 Å². The van der Waals surface area contributed by atoms with Crippen LogP contribution in [-0.2, 0) is 0 Å². The SMILES string of the molecule is Nc1cccc(/C=C/c2cccc(F)c2)n1. The summed E-state index contributed by atoms with van der Waals surface area (Å²) in [7, 11) is 0. The van der Waals surface area contributed by atoms with Gasteiger partial charge in [0.2, 0.25) is 0 Å². The molecular formula is C13H11FN2. The van der Waals surface area contributed by atoms with Gasteiger partial charge in [-0.1, -0.05) is 24.3 Å². The lowest BCUT2D eigenvalue weighted by molar-refractivity contribution is 0.627. The molecule has 0 fully saturated rings. The molecule has 0 aliphatic heterocycles. The fraction of sp³-hybridized carbons (Fsp3) is 0. The summed E-state index contributed by atoms with van der Waals surface area (Å²) in [6, 6.07) is 11.8. The first-order chi connectivity index (χ1) is 7.74. The number of halogens is 1. The van der Waals surface area contributed by atoms with Crippen LogP contribution in [0.4, 0.5) is 10.2 Å². The summed E-state index contributed by atoms with van der Waals surface area (Å²) in [5.41, 5.74) is 7.10. The highest BCUT2D eigenvalue weighted by atomic mass is 19.1. The quantitative estimate of drug-likeness (QED) is 0.834. The number of hydrogen-bond acceptors (Lipinski definition) is 2. The average Bonchev–Trinajstić information content (AvgIpc) is 2.27. The van der Waals surface area contributed by atoms with Gasteiger partial charge < -0.3 is 5.73 Å². The summed E-state index contributed by atoms with van der Waals surface area (Å²) >= 11 is 0. The van der Waals surface area contributed by atoms with E-state index in [0.29, 0.717) is 5.82 Å². The molecule has 1 aromatic heterocycles. The van der Waals surface area contributed by atoms with Crippen LogP contribution in [0.5, 0.6) is 0 Å². The molecule has 1 aromatic carbocycles. The van der Waals surface area contributed by atoms with Crippen molar-refractivity contribution in [2.24, 2.45) is 0 Å². The predicted molar refractivity (Wildman–Crippen MR) is 64.0 cm³/mol. The standard InChI is InChI=1S/C13H11FN2/c14-11-4-1-3-10(9-11)7-8-12-5-2-6-13(15)16-12/h1-9H,(H2,15,16)/b8-7+. The second-order valence-corrected chi connectivity index (χ2v) is 3.38. The van der Waals surface area contributed by atoms with E-state index >= 15 is 0 Å². The van der Waals surface area contributed by atoms with Crippen molar-refractivity contribution in [3.8, 4) is 0 Å². The van der Waals surface area contributed by atoms with Gasteiger partial charge in [0.1, 0.15) is 11.6 Å². The zero-order valence-electron chi connectivity index (χ0n) is 8.60. The van der Waals surface area contributed by atoms with Crippen LogP contribution in [0.15, 0.2) is 42.5 Å². The van der Waals surface area contributed by atoms with Gasteiger partial charge in [-0.2, -0.15) is 0 Å². The van der Waals surface area contributed by atoms with Gasteiger partial charge in [-0.3, -0.25) is 0 Å². The van der Waals surface area contributed by atoms with Crippen LogP contribution < -0.4 is 5.73 Å². The van der Waals surface area contributed by atoms with Crippen molar-refractivity contribution in [1.29, 1.82) is 0 Å². The monoisotopic (exact) mass is 214 g/mol. The van der Waals surface area contributed by atoms with E-state index in [1.807, 2.05) is 18.2 Å². The highest BCUT2D eigenvalue weighted by Crippen LogP contribution is 2.09. The lowest BCUT2D eigenvalue weighted by Gasteiger charge is -1.95. The number of anilines is 1. The van der Waals surface area contributed by atoms with Gasteiger partial charge in [0.25, 0.3) is 0 Å². The molecule has 2 nitrogen and oxygen atoms in total. The fourth-order valence-electron chi connectivity index (χ4n) is 1.35. The van der Waals surface area contributed by atoms with Gasteiger partial charge in [-0.15, -0.1) is 0 Å². The third-order valence-electron chi connectivity index (χ3n) is 2.09. The Bertz CT molecular complexity index is 473. The van der Waals surface area contributed by atoms with Crippen molar-refractivity contribution < 1.29 is 4.39 Å². The lowest BCUT2D eigenvalue weighted by Crippen LogP contribution is -1.90. The first kappa shape index (κ1) is 10.4. The van der Waals surface area contributed by atoms with Crippen molar-refractivity contribution in [3.05, 3.63) is 59.5 Å². The summed E-state index contributed by atoms with van der Waals surface area (Å²) in [4.78, 5) is 4.11. The largest absolute Gasteiger partial charge is 0.384 e. The molecule has 0 saturated carbocycles. The Morgan fingerprint density at radius 2 is 1.88 bits per heavy atom. The van der Waals surface area contributed by atoms with Crippen molar-refractivity contribution >= 4 is 18.0 Å². The maximum absolute atomic E-state index is 12.9. The molecule has 1 heterocycles. The van der Waals surface area contributed by atoms with Gasteiger partial charge >= 0.3 is 0 Å². The number of nitrogens with zero attached hydrogens (tertiary/aromatic N) is 1. The lowest BCUT2D eigenvalue weighted by atomic mass is 10.2. The van der Waals surface area contributed by atoms with E-state index in [2.05, 4.69) is 4.98 Å². The number of hydrogen-bond donors (Lipinski definition) is 1. The molecule has 2 aromatic rings. The highest BCUT2D eigenvalue weighted by molar-refractivity contribution is 5.68. The minimum atomic E-state index is -0.248. The maximum atomic E-state index is 12.9. The van der Waals surface area contributed by atoms with E-state index < -0.39 is 0 Å². The van der Waals surface area contributed by atoms with Crippen LogP contribution in [0.25, 0.3) is 12.2 Å². The predicted octanol–water partition coefficient (Wildman–Crippen LogP) is 2.97. The van der Waals surface area contributed by atoms with Crippen LogP contribution >= 0.6 is 0 Å². The van der Waals surface area contributed by atoms with Gasteiger partial charge in [0, 0.05) is 0 Å². The second-order valence-electron chi connectivity index (χ2n) is 3.38. The molecule has 3 heteroatoms. The van der Waals surface area contributed by atoms with Gasteiger partial charge in [-0.05, 0) is 35.9 Å². The molecule has 0 aliphatic rings. The number of rotatable bonds is 2. The van der Waals surface area contributed by atoms with E-state index in [4.69, 9.17) is 5.73 Å². The van der Waals surface area contributed by atoms with Crippen LogP contribution in [-0.4, -0.2) is 4.98 Å². The van der Waals surface area contributed by atoms with Crippen molar-refractivity contribution in [1.82, 2.24) is 4.98 Å². The number of aromatic nitrogens is 1. The normalized spacial score (nSPS) is 10.8. The first-order valence-electron chi connectivity index (χ1n) is 4.90. The molecule has 0 bridgehead atoms. The Kier molecular flexibility index (Phi) is 2.96. The van der Waals surface area contributed by atoms with Gasteiger partial charge in [0.05, 0.1) is 5.69 Å². The number of nitrogens with two attached hydrogens (primary N) is 1. The minimum Gasteiger partial charge on any atom is -0.384 e. The van der Waals surface area contributed by atoms with Crippen LogP contribution in [0.3, 0.4) is 0 Å².